The van der Waals surface area contributed by atoms with Crippen LogP contribution in [0.1, 0.15) is 60.6 Å². The molecule has 156 valence electrons. The molecule has 2 aromatic carbocycles. The van der Waals surface area contributed by atoms with E-state index in [1.165, 1.54) is 13.2 Å². The second-order valence-electron chi connectivity index (χ2n) is 7.38. The molecule has 1 aliphatic rings. The van der Waals surface area contributed by atoms with Crippen LogP contribution in [0.15, 0.2) is 47.4 Å². The fraction of sp³-hybridized carbons (Fsp3) is 0.409. The average molecular weight is 418 g/mol. The molecule has 0 aliphatic carbocycles. The van der Waals surface area contributed by atoms with Gasteiger partial charge in [0.1, 0.15) is 11.4 Å². The van der Waals surface area contributed by atoms with E-state index < -0.39 is 27.6 Å². The molecule has 0 bridgehead atoms. The van der Waals surface area contributed by atoms with Crippen molar-refractivity contribution in [3.63, 3.8) is 0 Å². The van der Waals surface area contributed by atoms with E-state index in [-0.39, 0.29) is 10.5 Å². The van der Waals surface area contributed by atoms with Gasteiger partial charge in [-0.2, -0.15) is 0 Å². The van der Waals surface area contributed by atoms with Gasteiger partial charge in [-0.15, -0.1) is 0 Å². The summed E-state index contributed by atoms with van der Waals surface area (Å²) in [4.78, 5) is 11.9. The van der Waals surface area contributed by atoms with E-state index in [1.54, 1.807) is 19.1 Å². The van der Waals surface area contributed by atoms with Gasteiger partial charge >= 0.3 is 5.97 Å². The Bertz CT molecular complexity index is 1010. The van der Waals surface area contributed by atoms with Gasteiger partial charge in [-0.1, -0.05) is 38.1 Å². The third kappa shape index (κ3) is 4.16. The van der Waals surface area contributed by atoms with Gasteiger partial charge in [0.05, 0.1) is 23.6 Å². The van der Waals surface area contributed by atoms with Crippen molar-refractivity contribution in [1.29, 1.82) is 0 Å². The van der Waals surface area contributed by atoms with Gasteiger partial charge in [0.25, 0.3) is 0 Å². The first-order chi connectivity index (χ1) is 13.7. The third-order valence-corrected chi connectivity index (χ3v) is 7.30. The first kappa shape index (κ1) is 21.3. The number of sulfonamides is 1. The second kappa shape index (κ2) is 8.16. The highest BCUT2D eigenvalue weighted by Gasteiger charge is 2.40. The number of esters is 1. The van der Waals surface area contributed by atoms with E-state index >= 15 is 0 Å². The maximum Gasteiger partial charge on any atom is 0.337 e. The predicted octanol–water partition coefficient (Wildman–Crippen LogP) is 4.14. The van der Waals surface area contributed by atoms with Gasteiger partial charge < -0.3 is 9.47 Å². The summed E-state index contributed by atoms with van der Waals surface area (Å²) < 4.78 is 40.4. The quantitative estimate of drug-likeness (QED) is 0.715. The van der Waals surface area contributed by atoms with Crippen molar-refractivity contribution < 1.29 is 22.7 Å². The second-order valence-corrected chi connectivity index (χ2v) is 9.06. The number of carbonyl (C=O) groups excluding carboxylic acids is 1. The zero-order valence-electron chi connectivity index (χ0n) is 17.2. The fourth-order valence-electron chi connectivity index (χ4n) is 3.79. The molecule has 1 unspecified atom stereocenters. The Balaban J connectivity index is 2.01. The van der Waals surface area contributed by atoms with Gasteiger partial charge in [-0.25, -0.2) is 17.9 Å². The Hall–Kier alpha value is -2.38. The van der Waals surface area contributed by atoms with Gasteiger partial charge in [-0.05, 0) is 43.5 Å². The molecule has 1 aliphatic heterocycles. The summed E-state index contributed by atoms with van der Waals surface area (Å²) in [6.07, 6.45) is 2.08. The van der Waals surface area contributed by atoms with Crippen LogP contribution in [0.5, 0.6) is 5.75 Å². The number of carbonyl (C=O) groups is 1. The summed E-state index contributed by atoms with van der Waals surface area (Å²) >= 11 is 0. The summed E-state index contributed by atoms with van der Waals surface area (Å²) in [5.41, 5.74) is 1.14. The SMILES string of the molecule is CCC1(CC)CC(NS(=O)(=O)c2cc(C(=O)OC)ccc2C)c2ccccc2O1. The van der Waals surface area contributed by atoms with E-state index in [1.807, 2.05) is 38.1 Å². The Morgan fingerprint density at radius 3 is 2.55 bits per heavy atom. The molecule has 1 heterocycles. The van der Waals surface area contributed by atoms with Crippen LogP contribution < -0.4 is 9.46 Å². The van der Waals surface area contributed by atoms with Crippen molar-refractivity contribution in [2.75, 3.05) is 7.11 Å². The van der Waals surface area contributed by atoms with Crippen molar-refractivity contribution in [2.24, 2.45) is 0 Å². The van der Waals surface area contributed by atoms with Gasteiger partial charge in [0.15, 0.2) is 0 Å². The van der Waals surface area contributed by atoms with Crippen LogP contribution in [0.2, 0.25) is 0 Å². The molecular weight excluding hydrogens is 390 g/mol. The molecule has 29 heavy (non-hydrogen) atoms. The molecule has 6 nitrogen and oxygen atoms in total. The minimum absolute atomic E-state index is 0.0722. The lowest BCUT2D eigenvalue weighted by Gasteiger charge is -2.41. The highest BCUT2D eigenvalue weighted by atomic mass is 32.2. The Labute approximate surface area is 172 Å². The number of methoxy groups -OCH3 is 1. The van der Waals surface area contributed by atoms with E-state index in [2.05, 4.69) is 4.72 Å². The maximum absolute atomic E-state index is 13.3. The third-order valence-electron chi connectivity index (χ3n) is 5.68. The standard InChI is InChI=1S/C22H27NO5S/c1-5-22(6-2)14-18(17-9-7-8-10-19(17)28-22)23-29(25,26)20-13-16(21(24)27-4)12-11-15(20)3/h7-13,18,23H,5-6,14H2,1-4H3. The molecule has 0 radical (unpaired) electrons. The van der Waals surface area contributed by atoms with Crippen LogP contribution in [0, 0.1) is 6.92 Å². The molecule has 3 rings (SSSR count). The predicted molar refractivity (Wildman–Crippen MR) is 111 cm³/mol. The first-order valence-electron chi connectivity index (χ1n) is 9.74. The summed E-state index contributed by atoms with van der Waals surface area (Å²) in [6.45, 7) is 5.80. The topological polar surface area (TPSA) is 81.7 Å². The van der Waals surface area contributed by atoms with Crippen LogP contribution in [0.3, 0.4) is 0 Å². The lowest BCUT2D eigenvalue weighted by atomic mass is 9.84. The lowest BCUT2D eigenvalue weighted by Crippen LogP contribution is -2.44. The molecular formula is C22H27NO5S. The Morgan fingerprint density at radius 1 is 1.21 bits per heavy atom. The van der Waals surface area contributed by atoms with Gasteiger partial charge in [0, 0.05) is 12.0 Å². The average Bonchev–Trinajstić information content (AvgIpc) is 2.72. The van der Waals surface area contributed by atoms with Gasteiger partial charge in [0.2, 0.25) is 10.0 Å². The number of fused-ring (bicyclic) bond motifs is 1. The zero-order chi connectivity index (χ0) is 21.2. The van der Waals surface area contributed by atoms with E-state index in [0.717, 1.165) is 18.4 Å². The van der Waals surface area contributed by atoms with Crippen LogP contribution in [0.25, 0.3) is 0 Å². The van der Waals surface area contributed by atoms with Crippen LogP contribution in [-0.4, -0.2) is 27.1 Å². The molecule has 1 atom stereocenters. The minimum atomic E-state index is -3.88. The molecule has 0 fully saturated rings. The number of hydrogen-bond acceptors (Lipinski definition) is 5. The van der Waals surface area contributed by atoms with Crippen LogP contribution >= 0.6 is 0 Å². The van der Waals surface area contributed by atoms with Crippen molar-refractivity contribution in [3.05, 3.63) is 59.2 Å². The molecule has 0 saturated heterocycles. The summed E-state index contributed by atoms with van der Waals surface area (Å²) in [5, 5.41) is 0. The van der Waals surface area contributed by atoms with E-state index in [9.17, 15) is 13.2 Å². The Morgan fingerprint density at radius 2 is 1.90 bits per heavy atom. The fourth-order valence-corrected chi connectivity index (χ4v) is 5.28. The number of benzene rings is 2. The molecule has 0 spiro atoms. The minimum Gasteiger partial charge on any atom is -0.487 e. The van der Waals surface area contributed by atoms with Crippen LogP contribution in [-0.2, 0) is 14.8 Å². The summed E-state index contributed by atoms with van der Waals surface area (Å²) in [5.74, 6) is 0.129. The number of ether oxygens (including phenoxy) is 2. The normalized spacial score (nSPS) is 17.9. The number of aryl methyl sites for hydroxylation is 1. The molecule has 0 amide bonds. The van der Waals surface area contributed by atoms with E-state index in [4.69, 9.17) is 9.47 Å². The lowest BCUT2D eigenvalue weighted by molar-refractivity contribution is 0.0260. The molecule has 7 heteroatoms. The smallest absolute Gasteiger partial charge is 0.337 e. The monoisotopic (exact) mass is 417 g/mol. The molecule has 1 N–H and O–H groups in total. The highest BCUT2D eigenvalue weighted by Crippen LogP contribution is 2.43. The maximum atomic E-state index is 13.3. The van der Waals surface area contributed by atoms with Crippen molar-refractivity contribution in [2.45, 2.75) is 56.6 Å². The molecule has 2 aromatic rings. The van der Waals surface area contributed by atoms with Gasteiger partial charge in [-0.3, -0.25) is 0 Å². The number of rotatable bonds is 6. The number of nitrogens with one attached hydrogen (secondary N) is 1. The first-order valence-corrected chi connectivity index (χ1v) is 11.2. The largest absolute Gasteiger partial charge is 0.487 e. The molecule has 0 aromatic heterocycles. The molecule has 0 saturated carbocycles. The number of hydrogen-bond donors (Lipinski definition) is 1. The van der Waals surface area contributed by atoms with Crippen molar-refractivity contribution in [3.8, 4) is 5.75 Å². The highest BCUT2D eigenvalue weighted by molar-refractivity contribution is 7.89. The van der Waals surface area contributed by atoms with Crippen molar-refractivity contribution in [1.82, 2.24) is 4.72 Å². The van der Waals surface area contributed by atoms with Crippen LogP contribution in [0.4, 0.5) is 0 Å². The Kier molecular flexibility index (Phi) is 6.00. The van der Waals surface area contributed by atoms with Crippen molar-refractivity contribution >= 4 is 16.0 Å². The zero-order valence-corrected chi connectivity index (χ0v) is 18.0. The number of para-hydroxylation sites is 1. The summed E-state index contributed by atoms with van der Waals surface area (Å²) in [7, 11) is -2.61. The van der Waals surface area contributed by atoms with E-state index in [0.29, 0.717) is 17.7 Å². The summed E-state index contributed by atoms with van der Waals surface area (Å²) in [6, 6.07) is 11.6.